The van der Waals surface area contributed by atoms with Crippen LogP contribution in [0.15, 0.2) is 11.8 Å². The maximum Gasteiger partial charge on any atom is 0.133 e. The van der Waals surface area contributed by atoms with E-state index in [1.54, 1.807) is 6.08 Å². The molecule has 0 radical (unpaired) electrons. The zero-order valence-electron chi connectivity index (χ0n) is 8.84. The highest BCUT2D eigenvalue weighted by Gasteiger charge is 2.24. The maximum absolute atomic E-state index is 11.0. The first kappa shape index (κ1) is 11.0. The van der Waals surface area contributed by atoms with Gasteiger partial charge in [0, 0.05) is 30.2 Å². The van der Waals surface area contributed by atoms with Gasteiger partial charge in [-0.3, -0.25) is 4.79 Å². The molecule has 1 unspecified atom stereocenters. The Balaban J connectivity index is 2.60. The van der Waals surface area contributed by atoms with E-state index in [-0.39, 0.29) is 11.8 Å². The molecule has 78 valence electrons. The van der Waals surface area contributed by atoms with Gasteiger partial charge in [0.1, 0.15) is 5.78 Å². The van der Waals surface area contributed by atoms with Gasteiger partial charge in [-0.05, 0) is 18.4 Å². The van der Waals surface area contributed by atoms with Gasteiger partial charge in [-0.15, -0.1) is 0 Å². The van der Waals surface area contributed by atoms with E-state index >= 15 is 0 Å². The fraction of sp³-hybridized carbons (Fsp3) is 0.636. The van der Waals surface area contributed by atoms with Gasteiger partial charge < -0.3 is 11.1 Å². The second-order valence-electron chi connectivity index (χ2n) is 4.23. The van der Waals surface area contributed by atoms with E-state index in [4.69, 9.17) is 11.1 Å². The molecule has 1 aliphatic carbocycles. The Morgan fingerprint density at radius 2 is 2.29 bits per heavy atom. The first-order valence-corrected chi connectivity index (χ1v) is 5.08. The van der Waals surface area contributed by atoms with E-state index in [1.807, 2.05) is 13.8 Å². The minimum absolute atomic E-state index is 0.182. The number of carbonyl (C=O) groups excluding carboxylic acids is 1. The van der Waals surface area contributed by atoms with Gasteiger partial charge in [0.05, 0.1) is 0 Å². The van der Waals surface area contributed by atoms with Crippen molar-refractivity contribution in [1.82, 2.24) is 0 Å². The third-order valence-electron chi connectivity index (χ3n) is 2.66. The monoisotopic (exact) mass is 194 g/mol. The predicted octanol–water partition coefficient (Wildman–Crippen LogP) is 1.87. The summed E-state index contributed by atoms with van der Waals surface area (Å²) in [5, 5.41) is 7.65. The number of rotatable bonds is 3. The number of allylic oxidation sites excluding steroid dienone is 2. The molecule has 0 saturated heterocycles. The minimum Gasteiger partial charge on any atom is -0.402 e. The number of carbonyl (C=O) groups is 1. The molecular weight excluding hydrogens is 176 g/mol. The van der Waals surface area contributed by atoms with Crippen LogP contribution in [0.2, 0.25) is 0 Å². The van der Waals surface area contributed by atoms with E-state index in [9.17, 15) is 4.79 Å². The Morgan fingerprint density at radius 1 is 1.64 bits per heavy atom. The summed E-state index contributed by atoms with van der Waals surface area (Å²) in [7, 11) is 0. The van der Waals surface area contributed by atoms with Gasteiger partial charge in [-0.2, -0.15) is 0 Å². The normalized spacial score (nSPS) is 23.2. The molecule has 1 rings (SSSR count). The smallest absolute Gasteiger partial charge is 0.133 e. The van der Waals surface area contributed by atoms with Gasteiger partial charge in [-0.1, -0.05) is 13.8 Å². The Morgan fingerprint density at radius 3 is 2.71 bits per heavy atom. The second-order valence-corrected chi connectivity index (χ2v) is 4.23. The molecule has 0 amide bonds. The van der Waals surface area contributed by atoms with Crippen molar-refractivity contribution in [1.29, 1.82) is 5.41 Å². The van der Waals surface area contributed by atoms with Crippen molar-refractivity contribution in [2.24, 2.45) is 17.6 Å². The third-order valence-corrected chi connectivity index (χ3v) is 2.66. The number of nitrogens with one attached hydrogen (secondary N) is 1. The summed E-state index contributed by atoms with van der Waals surface area (Å²) in [6, 6.07) is 0. The van der Waals surface area contributed by atoms with Crippen molar-refractivity contribution in [3.63, 3.8) is 0 Å². The highest BCUT2D eigenvalue weighted by Crippen LogP contribution is 2.26. The van der Waals surface area contributed by atoms with E-state index in [0.29, 0.717) is 30.0 Å². The summed E-state index contributed by atoms with van der Waals surface area (Å²) < 4.78 is 0. The fourth-order valence-corrected chi connectivity index (χ4v) is 1.56. The van der Waals surface area contributed by atoms with Crippen molar-refractivity contribution in [3.05, 3.63) is 11.8 Å². The lowest BCUT2D eigenvalue weighted by Crippen LogP contribution is -2.13. The Bertz CT molecular complexity index is 279. The zero-order valence-corrected chi connectivity index (χ0v) is 8.84. The van der Waals surface area contributed by atoms with Crippen LogP contribution >= 0.6 is 0 Å². The summed E-state index contributed by atoms with van der Waals surface area (Å²) >= 11 is 0. The van der Waals surface area contributed by atoms with Crippen molar-refractivity contribution in [2.45, 2.75) is 33.1 Å². The molecule has 1 fully saturated rings. The first-order chi connectivity index (χ1) is 6.50. The van der Waals surface area contributed by atoms with Gasteiger partial charge >= 0.3 is 0 Å². The topological polar surface area (TPSA) is 66.9 Å². The van der Waals surface area contributed by atoms with E-state index in [0.717, 1.165) is 6.42 Å². The molecule has 0 heterocycles. The molecule has 14 heavy (non-hydrogen) atoms. The highest BCUT2D eigenvalue weighted by atomic mass is 16.1. The van der Waals surface area contributed by atoms with E-state index in [1.165, 1.54) is 0 Å². The minimum atomic E-state index is 0.182. The molecule has 3 heteroatoms. The SMILES string of the molecule is CC(C)C(=N)/C=C(\N)C1CCC(=O)C1. The molecule has 3 N–H and O–H groups in total. The maximum atomic E-state index is 11.0. The summed E-state index contributed by atoms with van der Waals surface area (Å²) in [5.74, 6) is 0.676. The van der Waals surface area contributed by atoms with Gasteiger partial charge in [-0.25, -0.2) is 0 Å². The fourth-order valence-electron chi connectivity index (χ4n) is 1.56. The summed E-state index contributed by atoms with van der Waals surface area (Å²) in [6.07, 6.45) is 3.78. The largest absolute Gasteiger partial charge is 0.402 e. The number of hydrogen-bond acceptors (Lipinski definition) is 3. The van der Waals surface area contributed by atoms with Crippen LogP contribution in [0.5, 0.6) is 0 Å². The number of Topliss-reactive ketones (excluding diaryl/α,β-unsaturated/α-hetero) is 1. The van der Waals surface area contributed by atoms with Crippen LogP contribution in [-0.2, 0) is 4.79 Å². The van der Waals surface area contributed by atoms with Gasteiger partial charge in [0.15, 0.2) is 0 Å². The molecule has 1 atom stereocenters. The molecule has 0 aromatic heterocycles. The van der Waals surface area contributed by atoms with Crippen LogP contribution in [0.3, 0.4) is 0 Å². The molecule has 1 saturated carbocycles. The quantitative estimate of drug-likeness (QED) is 0.673. The van der Waals surface area contributed by atoms with Crippen LogP contribution in [0.25, 0.3) is 0 Å². The highest BCUT2D eigenvalue weighted by molar-refractivity contribution is 5.94. The second kappa shape index (κ2) is 4.40. The molecule has 1 aliphatic rings. The summed E-state index contributed by atoms with van der Waals surface area (Å²) in [6.45, 7) is 3.93. The van der Waals surface area contributed by atoms with Crippen LogP contribution < -0.4 is 5.73 Å². The molecule has 0 spiro atoms. The summed E-state index contributed by atoms with van der Waals surface area (Å²) in [5.41, 5.74) is 7.09. The predicted molar refractivity (Wildman–Crippen MR) is 57.2 cm³/mol. The van der Waals surface area contributed by atoms with Crippen LogP contribution in [0.4, 0.5) is 0 Å². The standard InChI is InChI=1S/C11H18N2O/c1-7(2)10(12)6-11(13)8-3-4-9(14)5-8/h6-8,12H,3-5,13H2,1-2H3/b11-6-,12-10?. The number of ketones is 1. The average Bonchev–Trinajstić information content (AvgIpc) is 2.51. The lowest BCUT2D eigenvalue weighted by Gasteiger charge is -2.10. The van der Waals surface area contributed by atoms with E-state index < -0.39 is 0 Å². The van der Waals surface area contributed by atoms with E-state index in [2.05, 4.69) is 0 Å². The average molecular weight is 194 g/mol. The number of hydrogen-bond donors (Lipinski definition) is 2. The first-order valence-electron chi connectivity index (χ1n) is 5.08. The number of nitrogens with two attached hydrogens (primary N) is 1. The molecule has 0 aromatic carbocycles. The van der Waals surface area contributed by atoms with Crippen LogP contribution in [0, 0.1) is 17.2 Å². The van der Waals surface area contributed by atoms with Crippen molar-refractivity contribution in [3.8, 4) is 0 Å². The molecule has 0 aliphatic heterocycles. The summed E-state index contributed by atoms with van der Waals surface area (Å²) in [4.78, 5) is 11.0. The lowest BCUT2D eigenvalue weighted by atomic mass is 10.00. The Labute approximate surface area is 84.9 Å². The Hall–Kier alpha value is -1.12. The van der Waals surface area contributed by atoms with Crippen LogP contribution in [0.1, 0.15) is 33.1 Å². The van der Waals surface area contributed by atoms with Gasteiger partial charge in [0.25, 0.3) is 0 Å². The molecular formula is C11H18N2O. The molecule has 3 nitrogen and oxygen atoms in total. The molecule has 0 bridgehead atoms. The van der Waals surface area contributed by atoms with Crippen molar-refractivity contribution in [2.75, 3.05) is 0 Å². The Kier molecular flexibility index (Phi) is 3.44. The van der Waals surface area contributed by atoms with Crippen LogP contribution in [-0.4, -0.2) is 11.5 Å². The lowest BCUT2D eigenvalue weighted by molar-refractivity contribution is -0.117. The third kappa shape index (κ3) is 2.69. The van der Waals surface area contributed by atoms with Crippen molar-refractivity contribution < 1.29 is 4.79 Å². The molecule has 0 aromatic rings. The van der Waals surface area contributed by atoms with Crippen molar-refractivity contribution >= 4 is 11.5 Å². The zero-order chi connectivity index (χ0) is 10.7. The van der Waals surface area contributed by atoms with Gasteiger partial charge in [0.2, 0.25) is 0 Å².